The molecule has 7 atom stereocenters. The minimum absolute atomic E-state index is 0.234. The summed E-state index contributed by atoms with van der Waals surface area (Å²) in [7, 11) is 0. The quantitative estimate of drug-likeness (QED) is 0.637. The summed E-state index contributed by atoms with van der Waals surface area (Å²) in [6, 6.07) is 0. The van der Waals surface area contributed by atoms with E-state index in [4.69, 9.17) is 19.2 Å². The van der Waals surface area contributed by atoms with E-state index in [0.29, 0.717) is 12.3 Å². The summed E-state index contributed by atoms with van der Waals surface area (Å²) in [5, 5.41) is 0. The van der Waals surface area contributed by atoms with E-state index in [0.717, 1.165) is 12.8 Å². The normalized spacial score (nSPS) is 61.3. The average Bonchev–Trinajstić information content (AvgIpc) is 2.72. The molecule has 4 aliphatic rings. The number of fused-ring (bicyclic) bond motifs is 3. The van der Waals surface area contributed by atoms with Crippen LogP contribution in [0, 0.1) is 17.8 Å². The molecule has 5 nitrogen and oxygen atoms in total. The van der Waals surface area contributed by atoms with E-state index in [1.54, 1.807) is 0 Å². The molecular formula is C15H22O5. The summed E-state index contributed by atoms with van der Waals surface area (Å²) in [4.78, 5) is 23.9. The van der Waals surface area contributed by atoms with Crippen molar-refractivity contribution in [1.29, 1.82) is 0 Å². The first-order valence-corrected chi connectivity index (χ1v) is 7.62. The molecule has 20 heavy (non-hydrogen) atoms. The summed E-state index contributed by atoms with van der Waals surface area (Å²) in [5.74, 6) is -1.63. The molecule has 5 heteroatoms. The van der Waals surface area contributed by atoms with Crippen molar-refractivity contribution in [2.24, 2.45) is 17.8 Å². The molecule has 0 aromatic heterocycles. The van der Waals surface area contributed by atoms with E-state index in [9.17, 15) is 4.79 Å². The molecule has 4 rings (SSSR count). The van der Waals surface area contributed by atoms with E-state index < -0.39 is 23.3 Å². The largest absolute Gasteiger partial charge is 0.359 e. The van der Waals surface area contributed by atoms with Gasteiger partial charge in [-0.15, -0.1) is 0 Å². The van der Waals surface area contributed by atoms with Crippen molar-refractivity contribution in [3.63, 3.8) is 0 Å². The molecule has 112 valence electrons. The molecule has 3 heterocycles. The second-order valence-electron chi connectivity index (χ2n) is 7.23. The van der Waals surface area contributed by atoms with Gasteiger partial charge >= 0.3 is 0 Å². The lowest BCUT2D eigenvalue weighted by atomic mass is 9.62. The maximum absolute atomic E-state index is 12.7. The van der Waals surface area contributed by atoms with Crippen molar-refractivity contribution in [1.82, 2.24) is 0 Å². The maximum Gasteiger partial charge on any atom is 0.234 e. The van der Waals surface area contributed by atoms with Crippen LogP contribution < -0.4 is 0 Å². The zero-order valence-electron chi connectivity index (χ0n) is 12.5. The molecule has 0 amide bonds. The first-order chi connectivity index (χ1) is 9.34. The van der Waals surface area contributed by atoms with Gasteiger partial charge in [-0.1, -0.05) is 20.8 Å². The van der Waals surface area contributed by atoms with Crippen LogP contribution in [0.4, 0.5) is 0 Å². The summed E-state index contributed by atoms with van der Waals surface area (Å²) in [6.07, 6.45) is 2.09. The van der Waals surface area contributed by atoms with E-state index in [1.165, 1.54) is 0 Å². The molecule has 0 aromatic carbocycles. The molecule has 1 saturated carbocycles. The maximum atomic E-state index is 12.7. The first kappa shape index (κ1) is 13.2. The van der Waals surface area contributed by atoms with Crippen molar-refractivity contribution in [3.05, 3.63) is 0 Å². The number of carbonyl (C=O) groups is 1. The number of ether oxygens (including phenoxy) is 2. The highest BCUT2D eigenvalue weighted by Crippen LogP contribution is 2.62. The summed E-state index contributed by atoms with van der Waals surface area (Å²) in [6.45, 7) is 7.85. The SMILES string of the molecule is CC1CCC23OOC(C)(O2)C2OC3(C1)C(C)C(=O)C2C. The smallest absolute Gasteiger partial charge is 0.234 e. The standard InChI is InChI=1S/C15H22O5/c1-8-5-6-15-14(7-8)10(3)11(16)9(2)12(17-14)13(4,18-15)19-20-15/h8-10,12H,5-7H2,1-4H3. The van der Waals surface area contributed by atoms with Gasteiger partial charge in [0, 0.05) is 18.3 Å². The molecule has 7 unspecified atom stereocenters. The molecule has 4 fully saturated rings. The Hall–Kier alpha value is -0.490. The Morgan fingerprint density at radius 1 is 1.20 bits per heavy atom. The predicted octanol–water partition coefficient (Wildman–Crippen LogP) is 2.19. The fraction of sp³-hybridized carbons (Fsp3) is 0.933. The van der Waals surface area contributed by atoms with E-state index >= 15 is 0 Å². The highest BCUT2D eigenvalue weighted by molar-refractivity contribution is 5.86. The van der Waals surface area contributed by atoms with Crippen molar-refractivity contribution in [2.45, 2.75) is 70.2 Å². The molecule has 2 spiro atoms. The zero-order valence-corrected chi connectivity index (χ0v) is 12.5. The molecular weight excluding hydrogens is 260 g/mol. The van der Waals surface area contributed by atoms with Crippen LogP contribution >= 0.6 is 0 Å². The van der Waals surface area contributed by atoms with Gasteiger partial charge in [0.05, 0.1) is 0 Å². The van der Waals surface area contributed by atoms with Crippen molar-refractivity contribution < 1.29 is 24.0 Å². The predicted molar refractivity (Wildman–Crippen MR) is 68.3 cm³/mol. The van der Waals surface area contributed by atoms with Crippen molar-refractivity contribution in [2.75, 3.05) is 0 Å². The Labute approximate surface area is 118 Å². The Kier molecular flexibility index (Phi) is 2.40. The molecule has 0 radical (unpaired) electrons. The highest BCUT2D eigenvalue weighted by atomic mass is 17.3. The first-order valence-electron chi connectivity index (χ1n) is 7.62. The average molecular weight is 282 g/mol. The molecule has 3 aliphatic heterocycles. The monoisotopic (exact) mass is 282 g/mol. The Bertz CT molecular complexity index is 479. The highest BCUT2D eigenvalue weighted by Gasteiger charge is 2.77. The van der Waals surface area contributed by atoms with Gasteiger partial charge in [0.1, 0.15) is 17.5 Å². The van der Waals surface area contributed by atoms with Gasteiger partial charge in [-0.2, -0.15) is 9.78 Å². The van der Waals surface area contributed by atoms with Crippen LogP contribution in [-0.4, -0.2) is 29.1 Å². The molecule has 3 saturated heterocycles. The van der Waals surface area contributed by atoms with Crippen LogP contribution in [0.25, 0.3) is 0 Å². The lowest BCUT2D eigenvalue weighted by Crippen LogP contribution is -2.75. The fourth-order valence-electron chi connectivity index (χ4n) is 4.70. The third kappa shape index (κ3) is 1.26. The van der Waals surface area contributed by atoms with Gasteiger partial charge in [-0.25, -0.2) is 0 Å². The van der Waals surface area contributed by atoms with Crippen LogP contribution in [0.15, 0.2) is 0 Å². The van der Waals surface area contributed by atoms with Crippen molar-refractivity contribution in [3.8, 4) is 0 Å². The van der Waals surface area contributed by atoms with Crippen molar-refractivity contribution >= 4 is 5.78 Å². The summed E-state index contributed by atoms with van der Waals surface area (Å²) < 4.78 is 12.7. The zero-order chi connectivity index (χ0) is 14.3. The molecule has 0 N–H and O–H groups in total. The number of carbonyl (C=O) groups excluding carboxylic acids is 1. The number of ketones is 1. The third-order valence-electron chi connectivity index (χ3n) is 5.86. The Morgan fingerprint density at radius 2 is 1.95 bits per heavy atom. The van der Waals surface area contributed by atoms with Gasteiger partial charge in [0.25, 0.3) is 0 Å². The molecule has 0 aromatic rings. The fourth-order valence-corrected chi connectivity index (χ4v) is 4.70. The van der Waals surface area contributed by atoms with E-state index in [2.05, 4.69) is 6.92 Å². The van der Waals surface area contributed by atoms with E-state index in [1.807, 2.05) is 20.8 Å². The minimum atomic E-state index is -0.973. The lowest BCUT2D eigenvalue weighted by Gasteiger charge is -2.60. The number of hydrogen-bond donors (Lipinski definition) is 0. The Morgan fingerprint density at radius 3 is 2.70 bits per heavy atom. The number of hydrogen-bond acceptors (Lipinski definition) is 5. The van der Waals surface area contributed by atoms with Crippen LogP contribution in [0.5, 0.6) is 0 Å². The lowest BCUT2D eigenvalue weighted by molar-refractivity contribution is -0.401. The molecule has 1 aliphatic carbocycles. The van der Waals surface area contributed by atoms with Crippen LogP contribution in [0.1, 0.15) is 47.0 Å². The van der Waals surface area contributed by atoms with Gasteiger partial charge in [0.2, 0.25) is 11.6 Å². The van der Waals surface area contributed by atoms with Crippen LogP contribution in [0.2, 0.25) is 0 Å². The van der Waals surface area contributed by atoms with Crippen LogP contribution in [0.3, 0.4) is 0 Å². The Balaban J connectivity index is 1.88. The summed E-state index contributed by atoms with van der Waals surface area (Å²) >= 11 is 0. The number of rotatable bonds is 0. The topological polar surface area (TPSA) is 54.0 Å². The van der Waals surface area contributed by atoms with E-state index in [-0.39, 0.29) is 17.6 Å². The minimum Gasteiger partial charge on any atom is -0.359 e. The summed E-state index contributed by atoms with van der Waals surface area (Å²) in [5.41, 5.74) is -0.699. The van der Waals surface area contributed by atoms with Gasteiger partial charge in [-0.05, 0) is 25.7 Å². The van der Waals surface area contributed by atoms with Gasteiger partial charge in [0.15, 0.2) is 0 Å². The number of Topliss-reactive ketones (excluding diaryl/α,β-unsaturated/α-hetero) is 1. The van der Waals surface area contributed by atoms with Gasteiger partial charge < -0.3 is 9.47 Å². The second-order valence-corrected chi connectivity index (χ2v) is 7.23. The molecule has 4 bridgehead atoms. The van der Waals surface area contributed by atoms with Crippen LogP contribution in [-0.2, 0) is 24.0 Å². The third-order valence-corrected chi connectivity index (χ3v) is 5.86. The second kappa shape index (κ2) is 3.64. The van der Waals surface area contributed by atoms with Gasteiger partial charge in [-0.3, -0.25) is 4.79 Å².